The van der Waals surface area contributed by atoms with E-state index in [4.69, 9.17) is 10.5 Å². The van der Waals surface area contributed by atoms with Gasteiger partial charge in [0.05, 0.1) is 7.11 Å². The number of benzene rings is 1. The van der Waals surface area contributed by atoms with E-state index >= 15 is 0 Å². The van der Waals surface area contributed by atoms with E-state index in [0.29, 0.717) is 6.04 Å². The fraction of sp³-hybridized carbons (Fsp3) is 0.500. The SMILES string of the molecule is COc1cc(N)ccc1SC[C@@H]1CCCN1. The number of nitrogen functional groups attached to an aromatic ring is 1. The van der Waals surface area contributed by atoms with Gasteiger partial charge in [0, 0.05) is 28.4 Å². The van der Waals surface area contributed by atoms with Crippen LogP contribution in [0.2, 0.25) is 0 Å². The van der Waals surface area contributed by atoms with Crippen molar-refractivity contribution in [2.24, 2.45) is 0 Å². The van der Waals surface area contributed by atoms with Gasteiger partial charge in [0.2, 0.25) is 0 Å². The Bertz CT molecular complexity index is 351. The number of ether oxygens (including phenoxy) is 1. The summed E-state index contributed by atoms with van der Waals surface area (Å²) in [7, 11) is 1.69. The topological polar surface area (TPSA) is 47.3 Å². The molecule has 1 saturated heterocycles. The predicted molar refractivity (Wildman–Crippen MR) is 69.2 cm³/mol. The van der Waals surface area contributed by atoms with E-state index in [-0.39, 0.29) is 0 Å². The van der Waals surface area contributed by atoms with Crippen molar-refractivity contribution in [3.05, 3.63) is 18.2 Å². The summed E-state index contributed by atoms with van der Waals surface area (Å²) in [6.45, 7) is 1.16. The summed E-state index contributed by atoms with van der Waals surface area (Å²) in [5, 5.41) is 3.49. The molecule has 16 heavy (non-hydrogen) atoms. The fourth-order valence-electron chi connectivity index (χ4n) is 1.89. The van der Waals surface area contributed by atoms with E-state index in [1.807, 2.05) is 30.0 Å². The average Bonchev–Trinajstić information content (AvgIpc) is 2.80. The number of nitrogens with two attached hydrogens (primary N) is 1. The molecular formula is C12H18N2OS. The third-order valence-electron chi connectivity index (χ3n) is 2.79. The molecule has 0 amide bonds. The molecule has 4 heteroatoms. The summed E-state index contributed by atoms with van der Waals surface area (Å²) >= 11 is 1.83. The number of hydrogen-bond donors (Lipinski definition) is 2. The highest BCUT2D eigenvalue weighted by Crippen LogP contribution is 2.32. The molecule has 1 aliphatic heterocycles. The van der Waals surface area contributed by atoms with Crippen molar-refractivity contribution in [3.8, 4) is 5.75 Å². The Morgan fingerprint density at radius 3 is 3.12 bits per heavy atom. The second-order valence-corrected chi connectivity index (χ2v) is 5.08. The molecule has 1 aromatic rings. The first kappa shape index (κ1) is 11.6. The second-order valence-electron chi connectivity index (χ2n) is 4.01. The molecule has 0 unspecified atom stereocenters. The zero-order chi connectivity index (χ0) is 11.4. The molecule has 3 N–H and O–H groups in total. The summed E-state index contributed by atoms with van der Waals surface area (Å²) in [4.78, 5) is 1.17. The first-order chi connectivity index (χ1) is 7.79. The lowest BCUT2D eigenvalue weighted by Crippen LogP contribution is -2.23. The molecule has 1 atom stereocenters. The molecule has 1 heterocycles. The molecular weight excluding hydrogens is 220 g/mol. The number of rotatable bonds is 4. The van der Waals surface area contributed by atoms with Gasteiger partial charge in [-0.25, -0.2) is 0 Å². The third kappa shape index (κ3) is 2.83. The molecule has 88 valence electrons. The van der Waals surface area contributed by atoms with E-state index in [2.05, 4.69) is 5.32 Å². The van der Waals surface area contributed by atoms with Crippen LogP contribution in [0.1, 0.15) is 12.8 Å². The average molecular weight is 238 g/mol. The monoisotopic (exact) mass is 238 g/mol. The highest BCUT2D eigenvalue weighted by Gasteiger charge is 2.15. The van der Waals surface area contributed by atoms with Crippen LogP contribution in [0, 0.1) is 0 Å². The highest BCUT2D eigenvalue weighted by molar-refractivity contribution is 7.99. The van der Waals surface area contributed by atoms with Crippen LogP contribution in [0.15, 0.2) is 23.1 Å². The first-order valence-corrected chi connectivity index (χ1v) is 6.58. The standard InChI is InChI=1S/C12H18N2OS/c1-15-11-7-9(13)4-5-12(11)16-8-10-3-2-6-14-10/h4-5,7,10,14H,2-3,6,8,13H2,1H3/t10-/m0/s1. The van der Waals surface area contributed by atoms with E-state index in [9.17, 15) is 0 Å². The van der Waals surface area contributed by atoms with Gasteiger partial charge in [-0.05, 0) is 31.5 Å². The van der Waals surface area contributed by atoms with Crippen LogP contribution >= 0.6 is 11.8 Å². The van der Waals surface area contributed by atoms with E-state index in [0.717, 1.165) is 23.7 Å². The fourth-order valence-corrected chi connectivity index (χ4v) is 3.01. The van der Waals surface area contributed by atoms with Gasteiger partial charge in [-0.1, -0.05) is 0 Å². The number of anilines is 1. The maximum absolute atomic E-state index is 5.72. The highest BCUT2D eigenvalue weighted by atomic mass is 32.2. The molecule has 0 radical (unpaired) electrons. The van der Waals surface area contributed by atoms with Crippen LogP contribution in [-0.4, -0.2) is 25.4 Å². The van der Waals surface area contributed by atoms with E-state index in [1.165, 1.54) is 17.7 Å². The predicted octanol–water partition coefficient (Wildman–Crippen LogP) is 2.12. The Morgan fingerprint density at radius 1 is 1.56 bits per heavy atom. The largest absolute Gasteiger partial charge is 0.496 e. The summed E-state index contributed by atoms with van der Waals surface area (Å²) in [6, 6.07) is 6.48. The lowest BCUT2D eigenvalue weighted by Gasteiger charge is -2.12. The summed E-state index contributed by atoms with van der Waals surface area (Å²) in [5.74, 6) is 1.98. The molecule has 1 fully saturated rings. The molecule has 1 aromatic carbocycles. The number of methoxy groups -OCH3 is 1. The van der Waals surface area contributed by atoms with Crippen LogP contribution in [0.3, 0.4) is 0 Å². The Labute approximate surface area is 101 Å². The Morgan fingerprint density at radius 2 is 2.44 bits per heavy atom. The number of nitrogens with one attached hydrogen (secondary N) is 1. The normalized spacial score (nSPS) is 19.9. The molecule has 0 aliphatic carbocycles. The molecule has 0 spiro atoms. The maximum atomic E-state index is 5.72. The smallest absolute Gasteiger partial charge is 0.134 e. The van der Waals surface area contributed by atoms with Crippen LogP contribution in [0.25, 0.3) is 0 Å². The van der Waals surface area contributed by atoms with Gasteiger partial charge in [0.15, 0.2) is 0 Å². The van der Waals surface area contributed by atoms with Crippen molar-refractivity contribution in [1.82, 2.24) is 5.32 Å². The van der Waals surface area contributed by atoms with Gasteiger partial charge in [0.25, 0.3) is 0 Å². The van der Waals surface area contributed by atoms with E-state index < -0.39 is 0 Å². The molecule has 0 bridgehead atoms. The van der Waals surface area contributed by atoms with Crippen molar-refractivity contribution in [2.45, 2.75) is 23.8 Å². The van der Waals surface area contributed by atoms with Crippen molar-refractivity contribution in [1.29, 1.82) is 0 Å². The van der Waals surface area contributed by atoms with Gasteiger partial charge >= 0.3 is 0 Å². The maximum Gasteiger partial charge on any atom is 0.134 e. The van der Waals surface area contributed by atoms with Gasteiger partial charge in [-0.3, -0.25) is 0 Å². The minimum absolute atomic E-state index is 0.646. The lowest BCUT2D eigenvalue weighted by molar-refractivity contribution is 0.405. The second kappa shape index (κ2) is 5.46. The van der Waals surface area contributed by atoms with Crippen LogP contribution in [0.5, 0.6) is 5.75 Å². The minimum Gasteiger partial charge on any atom is -0.496 e. The van der Waals surface area contributed by atoms with Crippen molar-refractivity contribution >= 4 is 17.4 Å². The Kier molecular flexibility index (Phi) is 3.96. The molecule has 3 nitrogen and oxygen atoms in total. The van der Waals surface area contributed by atoms with Crippen molar-refractivity contribution in [3.63, 3.8) is 0 Å². The van der Waals surface area contributed by atoms with Crippen LogP contribution < -0.4 is 15.8 Å². The lowest BCUT2D eigenvalue weighted by atomic mass is 10.3. The summed E-state index contributed by atoms with van der Waals surface area (Å²) < 4.78 is 5.32. The zero-order valence-corrected chi connectivity index (χ0v) is 10.3. The minimum atomic E-state index is 0.646. The van der Waals surface area contributed by atoms with E-state index in [1.54, 1.807) is 7.11 Å². The third-order valence-corrected chi connectivity index (χ3v) is 4.01. The summed E-state index contributed by atoms with van der Waals surface area (Å²) in [5.41, 5.74) is 6.47. The Hall–Kier alpha value is -0.870. The quantitative estimate of drug-likeness (QED) is 0.623. The van der Waals surface area contributed by atoms with Crippen molar-refractivity contribution in [2.75, 3.05) is 25.1 Å². The number of thioether (sulfide) groups is 1. The Balaban J connectivity index is 1.97. The molecule has 0 aromatic heterocycles. The van der Waals surface area contributed by atoms with Gasteiger partial charge < -0.3 is 15.8 Å². The first-order valence-electron chi connectivity index (χ1n) is 5.59. The van der Waals surface area contributed by atoms with Gasteiger partial charge in [-0.2, -0.15) is 0 Å². The van der Waals surface area contributed by atoms with Crippen LogP contribution in [0.4, 0.5) is 5.69 Å². The molecule has 0 saturated carbocycles. The molecule has 2 rings (SSSR count). The van der Waals surface area contributed by atoms with Crippen molar-refractivity contribution < 1.29 is 4.74 Å². The summed E-state index contributed by atoms with van der Waals surface area (Å²) in [6.07, 6.45) is 2.58. The zero-order valence-electron chi connectivity index (χ0n) is 9.53. The van der Waals surface area contributed by atoms with Gasteiger partial charge in [-0.15, -0.1) is 11.8 Å². The number of hydrogen-bond acceptors (Lipinski definition) is 4. The molecule has 1 aliphatic rings. The van der Waals surface area contributed by atoms with Crippen LogP contribution in [-0.2, 0) is 0 Å². The van der Waals surface area contributed by atoms with Gasteiger partial charge in [0.1, 0.15) is 5.75 Å².